The van der Waals surface area contributed by atoms with Gasteiger partial charge in [-0.05, 0) is 86.1 Å². The van der Waals surface area contributed by atoms with Crippen LogP contribution in [0, 0.1) is 11.8 Å². The van der Waals surface area contributed by atoms with Crippen molar-refractivity contribution in [3.05, 3.63) is 41.5 Å². The lowest BCUT2D eigenvalue weighted by molar-refractivity contribution is -0.201. The molecule has 2 aliphatic carbocycles. The average molecular weight is 587 g/mol. The van der Waals surface area contributed by atoms with Crippen molar-refractivity contribution >= 4 is 18.0 Å². The molecule has 0 amide bonds. The minimum absolute atomic E-state index is 0.0894. The third-order valence-electron chi connectivity index (χ3n) is 8.55. The fraction of sp³-hybridized carbons (Fsp3) is 0.636. The zero-order chi connectivity index (χ0) is 29.9. The summed E-state index contributed by atoms with van der Waals surface area (Å²) in [6.45, 7) is 4.72. The molecular formula is C33H46O9. The molecule has 1 aromatic rings. The highest BCUT2D eigenvalue weighted by Gasteiger charge is 2.38. The second-order valence-electron chi connectivity index (χ2n) is 11.3. The fourth-order valence-corrected chi connectivity index (χ4v) is 6.37. The van der Waals surface area contributed by atoms with E-state index in [1.807, 2.05) is 0 Å². The van der Waals surface area contributed by atoms with E-state index in [1.165, 1.54) is 7.11 Å². The van der Waals surface area contributed by atoms with Crippen LogP contribution in [0.4, 0.5) is 0 Å². The number of methoxy groups -OCH3 is 2. The maximum absolute atomic E-state index is 13.5. The molecule has 0 radical (unpaired) electrons. The van der Waals surface area contributed by atoms with E-state index in [0.29, 0.717) is 60.0 Å². The molecule has 3 aliphatic rings. The topological polar surface area (TPSA) is 110 Å². The summed E-state index contributed by atoms with van der Waals surface area (Å²) in [5, 5.41) is 11.4. The molecule has 1 heterocycles. The van der Waals surface area contributed by atoms with Crippen molar-refractivity contribution in [2.24, 2.45) is 11.8 Å². The van der Waals surface area contributed by atoms with Gasteiger partial charge in [0.1, 0.15) is 6.61 Å². The molecule has 5 atom stereocenters. The van der Waals surface area contributed by atoms with Crippen molar-refractivity contribution in [2.45, 2.75) is 89.1 Å². The van der Waals surface area contributed by atoms with E-state index in [1.54, 1.807) is 31.4 Å². The Kier molecular flexibility index (Phi) is 12.3. The highest BCUT2D eigenvalue weighted by Crippen LogP contribution is 2.44. The summed E-state index contributed by atoms with van der Waals surface area (Å²) in [4.78, 5) is 25.0. The van der Waals surface area contributed by atoms with Gasteiger partial charge >= 0.3 is 11.9 Å². The second-order valence-corrected chi connectivity index (χ2v) is 11.3. The summed E-state index contributed by atoms with van der Waals surface area (Å²) in [5.74, 6) is 0.805. The number of esters is 2. The largest absolute Gasteiger partial charge is 0.493 e. The van der Waals surface area contributed by atoms with Crippen molar-refractivity contribution in [1.82, 2.24) is 0 Å². The van der Waals surface area contributed by atoms with Gasteiger partial charge in [0.2, 0.25) is 0 Å². The Hall–Kier alpha value is -2.88. The van der Waals surface area contributed by atoms with E-state index in [4.69, 9.17) is 28.4 Å². The molecule has 4 rings (SSSR count). The first-order chi connectivity index (χ1) is 20.4. The van der Waals surface area contributed by atoms with Crippen LogP contribution >= 0.6 is 0 Å². The zero-order valence-corrected chi connectivity index (χ0v) is 25.0. The van der Waals surface area contributed by atoms with Crippen LogP contribution in [0.25, 0.3) is 6.08 Å². The van der Waals surface area contributed by atoms with E-state index in [2.05, 4.69) is 6.58 Å². The van der Waals surface area contributed by atoms with Crippen LogP contribution in [0.15, 0.2) is 30.4 Å². The van der Waals surface area contributed by atoms with E-state index in [-0.39, 0.29) is 43.9 Å². The molecule has 5 unspecified atom stereocenters. The SMILES string of the molecule is C=CCOC(=O)/C1=C\c2cc(OCCCC(=O)OC)c(OC)cc2C(O)CCC2CCCC2C(OC2CCCCO2)C1. The lowest BCUT2D eigenvalue weighted by Crippen LogP contribution is -2.35. The summed E-state index contributed by atoms with van der Waals surface area (Å²) >= 11 is 0. The molecule has 9 heteroatoms. The van der Waals surface area contributed by atoms with Gasteiger partial charge in [0.05, 0.1) is 33.0 Å². The van der Waals surface area contributed by atoms with Crippen LogP contribution in [0.1, 0.15) is 87.9 Å². The number of rotatable bonds is 11. The first-order valence-corrected chi connectivity index (χ1v) is 15.3. The molecular weight excluding hydrogens is 540 g/mol. The molecule has 1 saturated carbocycles. The Labute approximate surface area is 249 Å². The normalized spacial score (nSPS) is 27.3. The number of fused-ring (bicyclic) bond motifs is 2. The standard InChI is InChI=1S/C33H46O9/c1-4-15-41-33(36)24-18-23-19-30(39-17-8-11-31(35)38-3)29(37-2)21-26(23)27(34)14-13-22-9-7-10-25(22)28(20-24)42-32-12-5-6-16-40-32/h4,18-19,21-22,25,27-28,32,34H,1,5-17,20H2,2-3H3/b24-18-. The molecule has 2 fully saturated rings. The van der Waals surface area contributed by atoms with Crippen LogP contribution in [0.3, 0.4) is 0 Å². The third kappa shape index (κ3) is 8.58. The van der Waals surface area contributed by atoms with E-state index >= 15 is 0 Å². The maximum Gasteiger partial charge on any atom is 0.334 e. The zero-order valence-electron chi connectivity index (χ0n) is 25.0. The van der Waals surface area contributed by atoms with Gasteiger partial charge in [0, 0.05) is 25.0 Å². The predicted octanol–water partition coefficient (Wildman–Crippen LogP) is 5.69. The third-order valence-corrected chi connectivity index (χ3v) is 8.55. The molecule has 1 N–H and O–H groups in total. The minimum Gasteiger partial charge on any atom is -0.493 e. The summed E-state index contributed by atoms with van der Waals surface area (Å²) in [5.41, 5.74) is 1.77. The Morgan fingerprint density at radius 1 is 1.07 bits per heavy atom. The number of carbonyl (C=O) groups excluding carboxylic acids is 2. The molecule has 0 aromatic heterocycles. The summed E-state index contributed by atoms with van der Waals surface area (Å²) < 4.78 is 34.5. The Morgan fingerprint density at radius 2 is 1.93 bits per heavy atom. The number of benzene rings is 1. The van der Waals surface area contributed by atoms with Crippen molar-refractivity contribution < 1.29 is 43.1 Å². The molecule has 9 nitrogen and oxygen atoms in total. The van der Waals surface area contributed by atoms with Gasteiger partial charge in [0.25, 0.3) is 0 Å². The van der Waals surface area contributed by atoms with E-state index in [9.17, 15) is 14.7 Å². The molecule has 1 aliphatic heterocycles. The number of hydrogen-bond acceptors (Lipinski definition) is 9. The minimum atomic E-state index is -0.760. The fourth-order valence-electron chi connectivity index (χ4n) is 6.37. The van der Waals surface area contributed by atoms with Crippen LogP contribution < -0.4 is 9.47 Å². The quantitative estimate of drug-likeness (QED) is 0.199. The van der Waals surface area contributed by atoms with E-state index in [0.717, 1.165) is 44.9 Å². The van der Waals surface area contributed by atoms with Crippen molar-refractivity contribution in [3.8, 4) is 11.5 Å². The molecule has 232 valence electrons. The average Bonchev–Trinajstić information content (AvgIpc) is 3.48. The van der Waals surface area contributed by atoms with Gasteiger partial charge in [-0.25, -0.2) is 4.79 Å². The van der Waals surface area contributed by atoms with Crippen molar-refractivity contribution in [1.29, 1.82) is 0 Å². The predicted molar refractivity (Wildman–Crippen MR) is 157 cm³/mol. The monoisotopic (exact) mass is 586 g/mol. The first-order valence-electron chi connectivity index (χ1n) is 15.3. The van der Waals surface area contributed by atoms with Crippen LogP contribution in [0.5, 0.6) is 11.5 Å². The number of ether oxygens (including phenoxy) is 6. The Morgan fingerprint density at radius 3 is 2.67 bits per heavy atom. The smallest absolute Gasteiger partial charge is 0.334 e. The summed E-state index contributed by atoms with van der Waals surface area (Å²) in [7, 11) is 2.90. The second kappa shape index (κ2) is 16.1. The number of aliphatic hydroxyl groups is 1. The van der Waals surface area contributed by atoms with E-state index < -0.39 is 12.1 Å². The molecule has 1 aromatic carbocycles. The van der Waals surface area contributed by atoms with Gasteiger partial charge in [-0.1, -0.05) is 25.5 Å². The Balaban J connectivity index is 1.71. The van der Waals surface area contributed by atoms with Gasteiger partial charge in [-0.3, -0.25) is 4.79 Å². The lowest BCUT2D eigenvalue weighted by atomic mass is 9.84. The van der Waals surface area contributed by atoms with Crippen LogP contribution in [-0.4, -0.2) is 63.5 Å². The lowest BCUT2D eigenvalue weighted by Gasteiger charge is -2.34. The van der Waals surface area contributed by atoms with Crippen LogP contribution in [-0.2, 0) is 28.5 Å². The Bertz CT molecular complexity index is 1090. The summed E-state index contributed by atoms with van der Waals surface area (Å²) in [6, 6.07) is 3.57. The van der Waals surface area contributed by atoms with Crippen LogP contribution in [0.2, 0.25) is 0 Å². The highest BCUT2D eigenvalue weighted by atomic mass is 16.7. The summed E-state index contributed by atoms with van der Waals surface area (Å²) in [6.07, 6.45) is 10.7. The molecule has 0 spiro atoms. The molecule has 42 heavy (non-hydrogen) atoms. The number of hydrogen-bond donors (Lipinski definition) is 1. The first kappa shape index (κ1) is 32.0. The molecule has 0 bridgehead atoms. The van der Waals surface area contributed by atoms with Gasteiger partial charge in [-0.15, -0.1) is 0 Å². The van der Waals surface area contributed by atoms with Gasteiger partial charge in [0.15, 0.2) is 17.8 Å². The van der Waals surface area contributed by atoms with Crippen molar-refractivity contribution in [3.63, 3.8) is 0 Å². The van der Waals surface area contributed by atoms with Crippen molar-refractivity contribution in [2.75, 3.05) is 34.0 Å². The van der Waals surface area contributed by atoms with Gasteiger partial charge < -0.3 is 33.5 Å². The number of aliphatic hydroxyl groups excluding tert-OH is 1. The van der Waals surface area contributed by atoms with Gasteiger partial charge in [-0.2, -0.15) is 0 Å². The number of carbonyl (C=O) groups is 2. The maximum atomic E-state index is 13.5. The molecule has 1 saturated heterocycles. The highest BCUT2D eigenvalue weighted by molar-refractivity contribution is 5.94.